The fourth-order valence-electron chi connectivity index (χ4n) is 3.32. The molecule has 2 aliphatic rings. The van der Waals surface area contributed by atoms with Gasteiger partial charge in [-0.2, -0.15) is 0 Å². The van der Waals surface area contributed by atoms with E-state index in [2.05, 4.69) is 5.32 Å². The highest BCUT2D eigenvalue weighted by molar-refractivity contribution is 6.63. The first-order chi connectivity index (χ1) is 13.7. The summed E-state index contributed by atoms with van der Waals surface area (Å²) in [5.74, 6) is 0.698. The third-order valence-corrected chi connectivity index (χ3v) is 6.71. The maximum Gasteiger partial charge on any atom is 0.495 e. The molecule has 164 valence electrons. The van der Waals surface area contributed by atoms with Gasteiger partial charge in [0.05, 0.1) is 27.4 Å². The number of halogens is 2. The molecule has 9 heteroatoms. The van der Waals surface area contributed by atoms with E-state index in [-0.39, 0.29) is 11.9 Å². The Morgan fingerprint density at radius 2 is 1.77 bits per heavy atom. The first-order valence-electron chi connectivity index (χ1n) is 10.1. The summed E-state index contributed by atoms with van der Waals surface area (Å²) in [6.45, 7) is 15.5. The molecule has 1 saturated heterocycles. The van der Waals surface area contributed by atoms with Crippen molar-refractivity contribution in [2.75, 3.05) is 0 Å². The number of nitrogens with one attached hydrogen (secondary N) is 1. The van der Waals surface area contributed by atoms with Gasteiger partial charge in [-0.1, -0.05) is 23.2 Å². The minimum absolute atomic E-state index is 0.000853. The van der Waals surface area contributed by atoms with Crippen LogP contribution in [0.15, 0.2) is 18.1 Å². The topological polar surface area (TPSA) is 60.0 Å². The second kappa shape index (κ2) is 7.94. The molecule has 30 heavy (non-hydrogen) atoms. The molecule has 0 aliphatic carbocycles. The molecular formula is C21H29BCl2N2O4. The van der Waals surface area contributed by atoms with E-state index in [1.165, 1.54) is 0 Å². The summed E-state index contributed by atoms with van der Waals surface area (Å²) in [6.07, 6.45) is 1.64. The van der Waals surface area contributed by atoms with E-state index in [4.69, 9.17) is 37.2 Å². The van der Waals surface area contributed by atoms with Gasteiger partial charge in [0.1, 0.15) is 6.04 Å². The van der Waals surface area contributed by atoms with E-state index in [0.717, 1.165) is 11.0 Å². The Morgan fingerprint density at radius 3 is 2.30 bits per heavy atom. The number of carbonyl (C=O) groups is 1. The highest BCUT2D eigenvalue weighted by Gasteiger charge is 2.52. The van der Waals surface area contributed by atoms with Crippen molar-refractivity contribution in [2.45, 2.75) is 78.7 Å². The number of rotatable bonds is 4. The van der Waals surface area contributed by atoms with Gasteiger partial charge in [0.2, 0.25) is 11.8 Å². The van der Waals surface area contributed by atoms with Gasteiger partial charge in [-0.3, -0.25) is 4.79 Å². The highest BCUT2D eigenvalue weighted by atomic mass is 35.5. The Balaban J connectivity index is 1.93. The molecule has 1 fully saturated rings. The summed E-state index contributed by atoms with van der Waals surface area (Å²) in [6, 6.07) is 1.34. The number of hydrogen-bond donors (Lipinski definition) is 1. The third-order valence-electron chi connectivity index (χ3n) is 5.98. The van der Waals surface area contributed by atoms with Crippen molar-refractivity contribution >= 4 is 41.7 Å². The Bertz CT molecular complexity index is 885. The van der Waals surface area contributed by atoms with Gasteiger partial charge in [0, 0.05) is 6.04 Å². The summed E-state index contributed by atoms with van der Waals surface area (Å²) >= 11 is 13.2. The van der Waals surface area contributed by atoms with Crippen molar-refractivity contribution in [1.29, 1.82) is 0 Å². The molecule has 0 aromatic heterocycles. The average molecular weight is 455 g/mol. The van der Waals surface area contributed by atoms with E-state index >= 15 is 0 Å². The van der Waals surface area contributed by atoms with Crippen LogP contribution in [0.4, 0.5) is 0 Å². The summed E-state index contributed by atoms with van der Waals surface area (Å²) in [5, 5.41) is 3.75. The van der Waals surface area contributed by atoms with Crippen LogP contribution in [0.25, 0.3) is 0 Å². The molecule has 1 aromatic rings. The van der Waals surface area contributed by atoms with Crippen LogP contribution in [0.5, 0.6) is 5.75 Å². The van der Waals surface area contributed by atoms with E-state index < -0.39 is 24.4 Å². The fourth-order valence-corrected chi connectivity index (χ4v) is 3.86. The quantitative estimate of drug-likeness (QED) is 0.696. The Kier molecular flexibility index (Phi) is 6.15. The van der Waals surface area contributed by atoms with Gasteiger partial charge in [-0.25, -0.2) is 0 Å². The fraction of sp³-hybridized carbons (Fsp3) is 0.571. The maximum atomic E-state index is 12.3. The predicted octanol–water partition coefficient (Wildman–Crippen LogP) is 4.01. The van der Waals surface area contributed by atoms with Crippen molar-refractivity contribution in [1.82, 2.24) is 10.2 Å². The first kappa shape index (κ1) is 23.3. The molecular weight excluding hydrogens is 426 g/mol. The highest BCUT2D eigenvalue weighted by Crippen LogP contribution is 2.40. The van der Waals surface area contributed by atoms with Crippen LogP contribution in [0, 0.1) is 6.92 Å². The summed E-state index contributed by atoms with van der Waals surface area (Å²) < 4.78 is 18.3. The molecule has 1 atom stereocenters. The second-order valence-corrected chi connectivity index (χ2v) is 9.89. The Morgan fingerprint density at radius 1 is 1.20 bits per heavy atom. The lowest BCUT2D eigenvalue weighted by Crippen LogP contribution is -2.50. The lowest BCUT2D eigenvalue weighted by atomic mass is 9.76. The number of ether oxygens (including phenoxy) is 1. The zero-order valence-electron chi connectivity index (χ0n) is 18.7. The molecule has 2 heterocycles. The average Bonchev–Trinajstić information content (AvgIpc) is 2.84. The van der Waals surface area contributed by atoms with Crippen molar-refractivity contribution in [3.8, 4) is 5.75 Å². The van der Waals surface area contributed by atoms with Crippen LogP contribution in [0.2, 0.25) is 10.0 Å². The van der Waals surface area contributed by atoms with Gasteiger partial charge in [-0.05, 0) is 72.5 Å². The first-order valence-corrected chi connectivity index (χ1v) is 10.8. The van der Waals surface area contributed by atoms with E-state index in [1.54, 1.807) is 24.1 Å². The monoisotopic (exact) mass is 454 g/mol. The third kappa shape index (κ3) is 4.05. The molecule has 2 aliphatic heterocycles. The number of nitrogens with zero attached hydrogens (tertiary/aromatic N) is 1. The number of hydrogen-bond acceptors (Lipinski definition) is 5. The summed E-state index contributed by atoms with van der Waals surface area (Å²) in [7, 11) is -0.583. The molecule has 6 nitrogen and oxygen atoms in total. The van der Waals surface area contributed by atoms with Crippen LogP contribution in [-0.4, -0.2) is 41.2 Å². The Hall–Kier alpha value is -1.41. The van der Waals surface area contributed by atoms with Crippen molar-refractivity contribution < 1.29 is 18.8 Å². The minimum Gasteiger partial charge on any atom is -0.437 e. The van der Waals surface area contributed by atoms with Gasteiger partial charge < -0.3 is 24.3 Å². The van der Waals surface area contributed by atoms with Crippen molar-refractivity contribution in [3.63, 3.8) is 0 Å². The van der Waals surface area contributed by atoms with E-state index in [0.29, 0.717) is 21.7 Å². The second-order valence-electron chi connectivity index (χ2n) is 9.10. The van der Waals surface area contributed by atoms with Crippen LogP contribution >= 0.6 is 23.2 Å². The van der Waals surface area contributed by atoms with Crippen molar-refractivity contribution in [3.05, 3.63) is 33.8 Å². The van der Waals surface area contributed by atoms with Gasteiger partial charge >= 0.3 is 7.12 Å². The molecule has 0 bridgehead atoms. The largest absolute Gasteiger partial charge is 0.495 e. The zero-order valence-corrected chi connectivity index (χ0v) is 20.2. The van der Waals surface area contributed by atoms with Crippen LogP contribution < -0.4 is 15.5 Å². The van der Waals surface area contributed by atoms with E-state index in [1.807, 2.05) is 48.5 Å². The summed E-state index contributed by atoms with van der Waals surface area (Å²) in [5.41, 5.74) is 0.570. The molecule has 1 aromatic carbocycles. The standard InChI is InChI=1S/C21H29BCl2N2O4/c1-11(2)26-10-16(25-13(4)19(26)27)28-18-15(23)9-14(12(3)17(18)24)22-29-20(5,6)21(7,8)30-22/h9-11,13,25H,1-8H3. The van der Waals surface area contributed by atoms with Gasteiger partial charge in [-0.15, -0.1) is 0 Å². The van der Waals surface area contributed by atoms with Gasteiger partial charge in [0.15, 0.2) is 5.75 Å². The number of benzene rings is 1. The SMILES string of the molecule is Cc1c(B2OC(C)(C)C(C)(C)O2)cc(Cl)c(OC2=CN(C(C)C)C(=O)C(C)N2)c1Cl. The van der Waals surface area contributed by atoms with Crippen molar-refractivity contribution in [2.24, 2.45) is 0 Å². The molecule has 0 spiro atoms. The Labute approximate surface area is 189 Å². The van der Waals surface area contributed by atoms with Crippen LogP contribution in [0.3, 0.4) is 0 Å². The summed E-state index contributed by atoms with van der Waals surface area (Å²) in [4.78, 5) is 14.0. The van der Waals surface area contributed by atoms with Crippen LogP contribution in [-0.2, 0) is 14.1 Å². The van der Waals surface area contributed by atoms with Crippen LogP contribution in [0.1, 0.15) is 54.0 Å². The molecule has 1 unspecified atom stereocenters. The van der Waals surface area contributed by atoms with E-state index in [9.17, 15) is 4.79 Å². The minimum atomic E-state index is -0.583. The normalized spacial score (nSPS) is 23.0. The zero-order chi connectivity index (χ0) is 22.6. The number of carbonyl (C=O) groups excluding carboxylic acids is 1. The molecule has 3 rings (SSSR count). The predicted molar refractivity (Wildman–Crippen MR) is 120 cm³/mol. The molecule has 1 amide bonds. The molecule has 1 N–H and O–H groups in total. The number of amides is 1. The molecule has 0 radical (unpaired) electrons. The molecule has 0 saturated carbocycles. The lowest BCUT2D eigenvalue weighted by molar-refractivity contribution is -0.133. The lowest BCUT2D eigenvalue weighted by Gasteiger charge is -2.32. The smallest absolute Gasteiger partial charge is 0.437 e. The van der Waals surface area contributed by atoms with Gasteiger partial charge in [0.25, 0.3) is 0 Å². The maximum absolute atomic E-state index is 12.3.